The van der Waals surface area contributed by atoms with Crippen LogP contribution in [-0.4, -0.2) is 52.9 Å². The Bertz CT molecular complexity index is 196. The molecular weight excluding hydrogens is 205 g/mol. The molecule has 14 heavy (non-hydrogen) atoms. The van der Waals surface area contributed by atoms with E-state index in [-0.39, 0.29) is 7.43 Å². The fraction of sp³-hybridized carbons (Fsp3) is 1.00. The smallest absolute Gasteiger partial charge is 0.331 e. The average molecular weight is 228 g/mol. The van der Waals surface area contributed by atoms with Crippen molar-refractivity contribution >= 4 is 7.60 Å². The highest BCUT2D eigenvalue weighted by atomic mass is 31.2. The zero-order valence-electron chi connectivity index (χ0n) is 8.94. The number of rotatable bonds is 6. The third-order valence-corrected chi connectivity index (χ3v) is 2.70. The van der Waals surface area contributed by atoms with Crippen molar-refractivity contribution in [2.24, 2.45) is 0 Å². The average Bonchev–Trinajstić information content (AvgIpc) is 2.02. The lowest BCUT2D eigenvalue weighted by molar-refractivity contribution is -0.924. The first-order chi connectivity index (χ1) is 5.83. The largest absolute Gasteiger partial charge is 0.335 e. The first-order valence-corrected chi connectivity index (χ1v) is 5.91. The fourth-order valence-electron chi connectivity index (χ4n) is 0.701. The maximum Gasteiger partial charge on any atom is 0.331 e. The Labute approximate surface area is 87.1 Å². The molecule has 0 saturated heterocycles. The van der Waals surface area contributed by atoms with Crippen LogP contribution in [0.4, 0.5) is 0 Å². The summed E-state index contributed by atoms with van der Waals surface area (Å²) in [7, 11) is 3.95. The van der Waals surface area contributed by atoms with Gasteiger partial charge in [-0.3, -0.25) is 13.6 Å². The fourth-order valence-corrected chi connectivity index (χ4v) is 1.33. The minimum Gasteiger partial charge on any atom is -0.335 e. The van der Waals surface area contributed by atoms with E-state index >= 15 is 0 Å². The van der Waals surface area contributed by atoms with Gasteiger partial charge in [-0.05, 0) is 0 Å². The van der Waals surface area contributed by atoms with Crippen LogP contribution in [0.15, 0.2) is 0 Å². The highest BCUT2D eigenvalue weighted by Crippen LogP contribution is 2.42. The van der Waals surface area contributed by atoms with Gasteiger partial charge in [0, 0.05) is 20.9 Å². The van der Waals surface area contributed by atoms with E-state index < -0.39 is 7.60 Å². The molecule has 0 rings (SSSR count). The van der Waals surface area contributed by atoms with Crippen LogP contribution in [-0.2, 0) is 18.3 Å². The summed E-state index contributed by atoms with van der Waals surface area (Å²) in [5, 5.41) is 0. The van der Waals surface area contributed by atoms with Gasteiger partial charge in [0.2, 0.25) is 0 Å². The Morgan fingerprint density at radius 3 is 2.07 bits per heavy atom. The molecule has 5 nitrogen and oxygen atoms in total. The van der Waals surface area contributed by atoms with Crippen LogP contribution in [0.2, 0.25) is 0 Å². The Balaban J connectivity index is 0. The number of nitrogens with zero attached hydrogens (tertiary/aromatic N) is 1. The Kier molecular flexibility index (Phi) is 7.70. The molecule has 0 aromatic carbocycles. The normalized spacial score (nSPS) is 15.8. The SMILES string of the molecule is C.COC[N+](C)(C)COP(C)(=O)OC. The van der Waals surface area contributed by atoms with Gasteiger partial charge >= 0.3 is 7.60 Å². The van der Waals surface area contributed by atoms with E-state index in [4.69, 9.17) is 13.8 Å². The molecule has 0 aromatic rings. The predicted molar refractivity (Wildman–Crippen MR) is 57.2 cm³/mol. The molecule has 0 fully saturated rings. The maximum atomic E-state index is 11.3. The molecule has 0 heterocycles. The number of methoxy groups -OCH3 is 1. The summed E-state index contributed by atoms with van der Waals surface area (Å²) >= 11 is 0. The Morgan fingerprint density at radius 2 is 1.71 bits per heavy atom. The molecule has 0 amide bonds. The molecule has 0 saturated carbocycles. The molecule has 0 bridgehead atoms. The van der Waals surface area contributed by atoms with Gasteiger partial charge in [0.15, 0.2) is 13.5 Å². The highest BCUT2D eigenvalue weighted by Gasteiger charge is 2.22. The topological polar surface area (TPSA) is 44.8 Å². The van der Waals surface area contributed by atoms with Crippen LogP contribution < -0.4 is 0 Å². The van der Waals surface area contributed by atoms with Crippen molar-refractivity contribution in [2.75, 3.05) is 48.4 Å². The quantitative estimate of drug-likeness (QED) is 0.394. The second-order valence-electron chi connectivity index (χ2n) is 3.57. The summed E-state index contributed by atoms with van der Waals surface area (Å²) in [6.45, 7) is 2.25. The summed E-state index contributed by atoms with van der Waals surface area (Å²) < 4.78 is 26.6. The van der Waals surface area contributed by atoms with Crippen LogP contribution in [0.3, 0.4) is 0 Å². The molecule has 0 spiro atoms. The zero-order valence-corrected chi connectivity index (χ0v) is 9.84. The van der Waals surface area contributed by atoms with Gasteiger partial charge in [0.05, 0.1) is 14.1 Å². The molecule has 6 heteroatoms. The lowest BCUT2D eigenvalue weighted by Gasteiger charge is -2.28. The summed E-state index contributed by atoms with van der Waals surface area (Å²) in [6, 6.07) is 0. The third-order valence-electron chi connectivity index (χ3n) is 1.45. The summed E-state index contributed by atoms with van der Waals surface area (Å²) in [5.74, 6) is 0. The van der Waals surface area contributed by atoms with Gasteiger partial charge < -0.3 is 9.26 Å². The minimum absolute atomic E-state index is 0. The number of hydrogen-bond acceptors (Lipinski definition) is 4. The van der Waals surface area contributed by atoms with Crippen molar-refractivity contribution in [3.8, 4) is 0 Å². The number of quaternary nitrogens is 1. The van der Waals surface area contributed by atoms with Crippen molar-refractivity contribution in [2.45, 2.75) is 7.43 Å². The van der Waals surface area contributed by atoms with Crippen molar-refractivity contribution in [1.29, 1.82) is 0 Å². The molecule has 0 aromatic heterocycles. The van der Waals surface area contributed by atoms with Gasteiger partial charge in [-0.25, -0.2) is 0 Å². The van der Waals surface area contributed by atoms with Gasteiger partial charge in [0.1, 0.15) is 0 Å². The van der Waals surface area contributed by atoms with E-state index in [9.17, 15) is 4.57 Å². The monoisotopic (exact) mass is 228 g/mol. The van der Waals surface area contributed by atoms with Crippen molar-refractivity contribution in [3.63, 3.8) is 0 Å². The summed E-state index contributed by atoms with van der Waals surface area (Å²) in [6.07, 6.45) is 0. The molecule has 1 atom stereocenters. The molecule has 0 N–H and O–H groups in total. The molecule has 1 unspecified atom stereocenters. The number of ether oxygens (including phenoxy) is 1. The Morgan fingerprint density at radius 1 is 1.21 bits per heavy atom. The predicted octanol–water partition coefficient (Wildman–Crippen LogP) is 1.75. The minimum atomic E-state index is -2.86. The van der Waals surface area contributed by atoms with E-state index in [0.29, 0.717) is 17.9 Å². The van der Waals surface area contributed by atoms with Crippen molar-refractivity contribution in [1.82, 2.24) is 0 Å². The van der Waals surface area contributed by atoms with Gasteiger partial charge in [0.25, 0.3) is 0 Å². The van der Waals surface area contributed by atoms with Gasteiger partial charge in [-0.15, -0.1) is 0 Å². The van der Waals surface area contributed by atoms with Crippen LogP contribution in [0.5, 0.6) is 0 Å². The first-order valence-electron chi connectivity index (χ1n) is 3.92. The van der Waals surface area contributed by atoms with E-state index in [0.717, 1.165) is 0 Å². The van der Waals surface area contributed by atoms with Gasteiger partial charge in [-0.2, -0.15) is 0 Å². The standard InChI is InChI=1S/C7H19NO4P.CH4/c1-8(2,6-10-3)7-12-13(5,9)11-4;/h6-7H2,1-5H3;1H4/q+1;. The van der Waals surface area contributed by atoms with Crippen molar-refractivity contribution in [3.05, 3.63) is 0 Å². The summed E-state index contributed by atoms with van der Waals surface area (Å²) in [4.78, 5) is 0. The highest BCUT2D eigenvalue weighted by molar-refractivity contribution is 7.52. The van der Waals surface area contributed by atoms with E-state index in [2.05, 4.69) is 0 Å². The molecule has 0 aliphatic heterocycles. The lowest BCUT2D eigenvalue weighted by Crippen LogP contribution is -2.42. The first kappa shape index (κ1) is 16.5. The molecule has 0 aliphatic rings. The molecular formula is C8H23NO4P+. The maximum absolute atomic E-state index is 11.3. The van der Waals surface area contributed by atoms with E-state index in [1.54, 1.807) is 7.11 Å². The van der Waals surface area contributed by atoms with Crippen LogP contribution in [0, 0.1) is 0 Å². The van der Waals surface area contributed by atoms with E-state index in [1.807, 2.05) is 14.1 Å². The summed E-state index contributed by atoms with van der Waals surface area (Å²) in [5.41, 5.74) is 0. The zero-order chi connectivity index (χ0) is 10.5. The third kappa shape index (κ3) is 7.47. The number of hydrogen-bond donors (Lipinski definition) is 0. The second-order valence-corrected chi connectivity index (χ2v) is 5.73. The Hall–Kier alpha value is 0.0700. The lowest BCUT2D eigenvalue weighted by atomic mass is 10.7. The molecule has 0 aliphatic carbocycles. The van der Waals surface area contributed by atoms with Gasteiger partial charge in [-0.1, -0.05) is 7.43 Å². The second kappa shape index (κ2) is 6.53. The van der Waals surface area contributed by atoms with Crippen LogP contribution in [0.25, 0.3) is 0 Å². The van der Waals surface area contributed by atoms with E-state index in [1.165, 1.54) is 13.8 Å². The van der Waals surface area contributed by atoms with Crippen LogP contribution >= 0.6 is 7.60 Å². The van der Waals surface area contributed by atoms with Crippen LogP contribution in [0.1, 0.15) is 7.43 Å². The van der Waals surface area contributed by atoms with Crippen molar-refractivity contribution < 1.29 is 22.8 Å². The molecule has 0 radical (unpaired) electrons. The molecule has 88 valence electrons.